The summed E-state index contributed by atoms with van der Waals surface area (Å²) in [6.45, 7) is -1.07. The lowest BCUT2D eigenvalue weighted by Gasteiger charge is -2.22. The molecule has 1 saturated heterocycles. The van der Waals surface area contributed by atoms with Gasteiger partial charge in [-0.2, -0.15) is 5.10 Å². The molecule has 2 rings (SSSR count). The molecule has 1 aliphatic heterocycles. The second-order valence-corrected chi connectivity index (χ2v) is 4.51. The summed E-state index contributed by atoms with van der Waals surface area (Å²) in [6.07, 6.45) is 3.50. The molecule has 7 nitrogen and oxygen atoms in total. The standard InChI is InChI=1S/C13H19N3O4/c1-9(17)15(2)10-8-16(11-6-4-5-7-20-11)14-12(10)13(18)19-3/h8,11H,4-7H2,1-3H3/i2D3. The fraction of sp³-hybridized carbons (Fsp3) is 0.615. The average Bonchev–Trinajstić information content (AvgIpc) is 2.90. The lowest BCUT2D eigenvalue weighted by Crippen LogP contribution is -2.24. The molecule has 1 amide bonds. The molecule has 0 aromatic carbocycles. The third-order valence-electron chi connectivity index (χ3n) is 3.10. The number of hydrogen-bond acceptors (Lipinski definition) is 5. The Bertz CT molecular complexity index is 594. The Hall–Kier alpha value is -1.89. The number of rotatable bonds is 3. The Balaban J connectivity index is 2.49. The van der Waals surface area contributed by atoms with Crippen molar-refractivity contribution in [1.82, 2.24) is 9.78 Å². The van der Waals surface area contributed by atoms with E-state index in [9.17, 15) is 9.59 Å². The molecule has 2 heterocycles. The minimum atomic E-state index is -2.74. The minimum absolute atomic E-state index is 0.112. The molecule has 1 aromatic heterocycles. The van der Waals surface area contributed by atoms with Crippen LogP contribution in [0, 0.1) is 0 Å². The number of hydrogen-bond donors (Lipinski definition) is 0. The minimum Gasteiger partial charge on any atom is -0.464 e. The molecular weight excluding hydrogens is 262 g/mol. The van der Waals surface area contributed by atoms with Gasteiger partial charge in [0.1, 0.15) is 6.23 Å². The van der Waals surface area contributed by atoms with Gasteiger partial charge in [0.15, 0.2) is 5.69 Å². The fourth-order valence-corrected chi connectivity index (χ4v) is 2.04. The van der Waals surface area contributed by atoms with E-state index in [1.807, 2.05) is 0 Å². The lowest BCUT2D eigenvalue weighted by molar-refractivity contribution is -0.116. The molecule has 1 fully saturated rings. The normalized spacial score (nSPS) is 21.5. The first-order valence-electron chi connectivity index (χ1n) is 7.85. The van der Waals surface area contributed by atoms with Gasteiger partial charge in [0.2, 0.25) is 5.91 Å². The van der Waals surface area contributed by atoms with Crippen LogP contribution in [0.15, 0.2) is 6.20 Å². The van der Waals surface area contributed by atoms with E-state index in [1.54, 1.807) is 0 Å². The summed E-state index contributed by atoms with van der Waals surface area (Å²) in [5.74, 6) is -1.54. The Kier molecular flexibility index (Phi) is 3.28. The molecule has 7 heteroatoms. The number of esters is 1. The number of methoxy groups -OCH3 is 1. The summed E-state index contributed by atoms with van der Waals surface area (Å²) in [5.41, 5.74) is -0.341. The number of aromatic nitrogens is 2. The van der Waals surface area contributed by atoms with Crippen molar-refractivity contribution in [3.05, 3.63) is 11.9 Å². The van der Waals surface area contributed by atoms with Crippen LogP contribution in [0.4, 0.5) is 5.69 Å². The lowest BCUT2D eigenvalue weighted by atomic mass is 10.2. The van der Waals surface area contributed by atoms with Crippen molar-refractivity contribution in [2.75, 3.05) is 25.6 Å². The zero-order chi connectivity index (χ0) is 17.2. The third-order valence-corrected chi connectivity index (χ3v) is 3.10. The van der Waals surface area contributed by atoms with Crippen LogP contribution in [0.3, 0.4) is 0 Å². The van der Waals surface area contributed by atoms with Crippen LogP contribution in [-0.2, 0) is 14.3 Å². The van der Waals surface area contributed by atoms with Gasteiger partial charge >= 0.3 is 5.97 Å². The number of nitrogens with zero attached hydrogens (tertiary/aromatic N) is 3. The molecule has 0 spiro atoms. The van der Waals surface area contributed by atoms with E-state index in [4.69, 9.17) is 8.85 Å². The number of amides is 1. The molecule has 0 saturated carbocycles. The molecule has 1 aromatic rings. The highest BCUT2D eigenvalue weighted by Crippen LogP contribution is 2.26. The van der Waals surface area contributed by atoms with Crippen LogP contribution >= 0.6 is 0 Å². The molecule has 110 valence electrons. The smallest absolute Gasteiger partial charge is 0.360 e. The van der Waals surface area contributed by atoms with Gasteiger partial charge < -0.3 is 14.4 Å². The molecule has 1 atom stereocenters. The van der Waals surface area contributed by atoms with Gasteiger partial charge in [-0.25, -0.2) is 9.48 Å². The Morgan fingerprint density at radius 1 is 1.60 bits per heavy atom. The number of anilines is 1. The molecule has 0 radical (unpaired) electrons. The van der Waals surface area contributed by atoms with Crippen molar-refractivity contribution >= 4 is 17.6 Å². The summed E-state index contributed by atoms with van der Waals surface area (Å²) < 4.78 is 34.2. The highest BCUT2D eigenvalue weighted by molar-refractivity contribution is 6.00. The van der Waals surface area contributed by atoms with Crippen LogP contribution in [-0.4, -0.2) is 42.3 Å². The van der Waals surface area contributed by atoms with Gasteiger partial charge in [-0.05, 0) is 19.3 Å². The monoisotopic (exact) mass is 284 g/mol. The maximum absolute atomic E-state index is 11.9. The molecular formula is C13H19N3O4. The highest BCUT2D eigenvalue weighted by atomic mass is 16.5. The third kappa shape index (κ3) is 2.82. The predicted octanol–water partition coefficient (Wildman–Crippen LogP) is 1.35. The molecule has 20 heavy (non-hydrogen) atoms. The van der Waals surface area contributed by atoms with Gasteiger partial charge in [-0.3, -0.25) is 4.79 Å². The SMILES string of the molecule is [2H]C([2H])([2H])N(C(C)=O)c1cn(C2CCCCO2)nc1C(=O)OC. The number of ether oxygens (including phenoxy) is 2. The zero-order valence-electron chi connectivity index (χ0n) is 14.5. The zero-order valence-corrected chi connectivity index (χ0v) is 11.5. The van der Waals surface area contributed by atoms with Gasteiger partial charge in [-0.1, -0.05) is 0 Å². The second-order valence-electron chi connectivity index (χ2n) is 4.51. The molecule has 0 bridgehead atoms. The van der Waals surface area contributed by atoms with Gasteiger partial charge in [0.05, 0.1) is 19.0 Å². The molecule has 0 aliphatic carbocycles. The molecule has 1 aliphatic rings. The molecule has 1 unspecified atom stereocenters. The van der Waals surface area contributed by atoms with Crippen molar-refractivity contribution in [2.45, 2.75) is 32.4 Å². The van der Waals surface area contributed by atoms with Crippen LogP contribution in [0.25, 0.3) is 0 Å². The quantitative estimate of drug-likeness (QED) is 0.783. The summed E-state index contributed by atoms with van der Waals surface area (Å²) in [6, 6.07) is 0. The number of carbonyl (C=O) groups excluding carboxylic acids is 2. The van der Waals surface area contributed by atoms with Crippen molar-refractivity contribution in [2.24, 2.45) is 0 Å². The Labute approximate surface area is 121 Å². The topological polar surface area (TPSA) is 73.7 Å². The largest absolute Gasteiger partial charge is 0.464 e. The summed E-state index contributed by atoms with van der Waals surface area (Å²) in [7, 11) is 1.16. The first-order valence-corrected chi connectivity index (χ1v) is 6.35. The molecule has 0 N–H and O–H groups in total. The van der Waals surface area contributed by atoms with Gasteiger partial charge in [-0.15, -0.1) is 0 Å². The van der Waals surface area contributed by atoms with Crippen LogP contribution in [0.2, 0.25) is 0 Å². The van der Waals surface area contributed by atoms with E-state index < -0.39 is 25.1 Å². The van der Waals surface area contributed by atoms with Gasteiger partial charge in [0, 0.05) is 24.6 Å². The predicted molar refractivity (Wildman–Crippen MR) is 71.5 cm³/mol. The maximum atomic E-state index is 11.9. The van der Waals surface area contributed by atoms with E-state index >= 15 is 0 Å². The Morgan fingerprint density at radius 3 is 2.95 bits per heavy atom. The summed E-state index contributed by atoms with van der Waals surface area (Å²) in [5, 5.41) is 4.09. The van der Waals surface area contributed by atoms with Crippen LogP contribution < -0.4 is 4.90 Å². The van der Waals surface area contributed by atoms with Crippen LogP contribution in [0.1, 0.15) is 47.0 Å². The van der Waals surface area contributed by atoms with Crippen molar-refractivity contribution in [1.29, 1.82) is 0 Å². The average molecular weight is 284 g/mol. The first-order chi connectivity index (χ1) is 10.8. The van der Waals surface area contributed by atoms with Crippen molar-refractivity contribution < 1.29 is 23.2 Å². The first kappa shape index (κ1) is 10.8. The van der Waals surface area contributed by atoms with E-state index in [0.29, 0.717) is 17.9 Å². The van der Waals surface area contributed by atoms with Crippen molar-refractivity contribution in [3.8, 4) is 0 Å². The summed E-state index contributed by atoms with van der Waals surface area (Å²) in [4.78, 5) is 24.3. The second kappa shape index (κ2) is 6.04. The fourth-order valence-electron chi connectivity index (χ4n) is 2.04. The van der Waals surface area contributed by atoms with Crippen molar-refractivity contribution in [3.63, 3.8) is 0 Å². The van der Waals surface area contributed by atoms with Crippen LogP contribution in [0.5, 0.6) is 0 Å². The van der Waals surface area contributed by atoms with E-state index in [2.05, 4.69) is 9.84 Å². The Morgan fingerprint density at radius 2 is 2.40 bits per heavy atom. The van der Waals surface area contributed by atoms with E-state index in [1.165, 1.54) is 10.9 Å². The highest BCUT2D eigenvalue weighted by Gasteiger charge is 2.25. The van der Waals surface area contributed by atoms with Gasteiger partial charge in [0.25, 0.3) is 0 Å². The maximum Gasteiger partial charge on any atom is 0.360 e. The van der Waals surface area contributed by atoms with E-state index in [-0.39, 0.29) is 11.4 Å². The van der Waals surface area contributed by atoms with E-state index in [0.717, 1.165) is 26.9 Å². The summed E-state index contributed by atoms with van der Waals surface area (Å²) >= 11 is 0. The number of carbonyl (C=O) groups is 2.